The Labute approximate surface area is 109 Å². The summed E-state index contributed by atoms with van der Waals surface area (Å²) in [5.41, 5.74) is 1.94. The van der Waals surface area contributed by atoms with Crippen molar-refractivity contribution in [2.24, 2.45) is 0 Å². The molecule has 2 heterocycles. The Morgan fingerprint density at radius 2 is 2.05 bits per heavy atom. The van der Waals surface area contributed by atoms with Crippen molar-refractivity contribution in [2.45, 2.75) is 13.8 Å². The van der Waals surface area contributed by atoms with Crippen molar-refractivity contribution in [1.29, 1.82) is 0 Å². The maximum absolute atomic E-state index is 11.8. The van der Waals surface area contributed by atoms with Gasteiger partial charge in [-0.15, -0.1) is 0 Å². The summed E-state index contributed by atoms with van der Waals surface area (Å²) in [6.45, 7) is 3.77. The summed E-state index contributed by atoms with van der Waals surface area (Å²) < 4.78 is 11.1. The average molecular weight is 262 g/mol. The molecule has 19 heavy (non-hydrogen) atoms. The third kappa shape index (κ3) is 2.29. The number of esters is 2. The predicted molar refractivity (Wildman–Crippen MR) is 67.2 cm³/mol. The molecular formula is C13H14N2O4. The maximum Gasteiger partial charge on any atom is 0.342 e. The lowest BCUT2D eigenvalue weighted by Gasteiger charge is -2.02. The largest absolute Gasteiger partial charge is 0.465 e. The molecule has 0 radical (unpaired) electrons. The van der Waals surface area contributed by atoms with Gasteiger partial charge >= 0.3 is 11.9 Å². The quantitative estimate of drug-likeness (QED) is 0.786. The molecule has 2 aromatic heterocycles. The smallest absolute Gasteiger partial charge is 0.342 e. The molecule has 0 fully saturated rings. The molecular weight excluding hydrogens is 248 g/mol. The molecule has 0 unspecified atom stereocenters. The zero-order valence-electron chi connectivity index (χ0n) is 11.0. The van der Waals surface area contributed by atoms with Crippen molar-refractivity contribution in [3.8, 4) is 0 Å². The van der Waals surface area contributed by atoms with E-state index < -0.39 is 11.9 Å². The Bertz CT molecular complexity index is 645. The lowest BCUT2D eigenvalue weighted by atomic mass is 10.2. The minimum atomic E-state index is -0.451. The summed E-state index contributed by atoms with van der Waals surface area (Å²) in [6.07, 6.45) is 1.52. The minimum absolute atomic E-state index is 0.301. The Kier molecular flexibility index (Phi) is 3.50. The molecule has 0 spiro atoms. The van der Waals surface area contributed by atoms with Crippen molar-refractivity contribution in [2.75, 3.05) is 13.7 Å². The maximum atomic E-state index is 11.8. The lowest BCUT2D eigenvalue weighted by Crippen LogP contribution is -2.06. The van der Waals surface area contributed by atoms with Crippen molar-refractivity contribution >= 4 is 17.5 Å². The second-order valence-corrected chi connectivity index (χ2v) is 3.92. The van der Waals surface area contributed by atoms with Crippen molar-refractivity contribution in [3.05, 3.63) is 35.2 Å². The zero-order valence-corrected chi connectivity index (χ0v) is 11.0. The molecule has 100 valence electrons. The fraction of sp³-hybridized carbons (Fsp3) is 0.308. The second-order valence-electron chi connectivity index (χ2n) is 3.92. The highest BCUT2D eigenvalue weighted by atomic mass is 16.5. The zero-order chi connectivity index (χ0) is 14.0. The van der Waals surface area contributed by atoms with Gasteiger partial charge in [0.05, 0.1) is 30.5 Å². The summed E-state index contributed by atoms with van der Waals surface area (Å²) >= 11 is 0. The molecule has 0 saturated heterocycles. The van der Waals surface area contributed by atoms with Gasteiger partial charge in [-0.1, -0.05) is 0 Å². The minimum Gasteiger partial charge on any atom is -0.465 e. The molecule has 6 heteroatoms. The topological polar surface area (TPSA) is 69.9 Å². The van der Waals surface area contributed by atoms with Gasteiger partial charge in [-0.25, -0.2) is 14.1 Å². The molecule has 0 aliphatic carbocycles. The van der Waals surface area contributed by atoms with E-state index in [0.717, 1.165) is 0 Å². The van der Waals surface area contributed by atoms with E-state index in [1.54, 1.807) is 26.0 Å². The Balaban J connectivity index is 2.54. The number of pyridine rings is 1. The summed E-state index contributed by atoms with van der Waals surface area (Å²) in [4.78, 5) is 23.3. The van der Waals surface area contributed by atoms with E-state index in [4.69, 9.17) is 4.74 Å². The Morgan fingerprint density at radius 1 is 1.32 bits per heavy atom. The molecule has 0 aliphatic heterocycles. The summed E-state index contributed by atoms with van der Waals surface area (Å²) in [6, 6.07) is 3.24. The van der Waals surface area contributed by atoms with Gasteiger partial charge in [0.15, 0.2) is 0 Å². The van der Waals surface area contributed by atoms with Crippen LogP contribution in [0.15, 0.2) is 18.3 Å². The summed E-state index contributed by atoms with van der Waals surface area (Å²) in [7, 11) is 1.31. The fourth-order valence-corrected chi connectivity index (χ4v) is 1.86. The third-order valence-corrected chi connectivity index (χ3v) is 2.71. The number of aryl methyl sites for hydroxylation is 1. The van der Waals surface area contributed by atoms with Crippen LogP contribution in [0.3, 0.4) is 0 Å². The van der Waals surface area contributed by atoms with Gasteiger partial charge in [-0.05, 0) is 26.0 Å². The van der Waals surface area contributed by atoms with E-state index in [1.807, 2.05) is 0 Å². The van der Waals surface area contributed by atoms with Gasteiger partial charge in [0.25, 0.3) is 0 Å². The van der Waals surface area contributed by atoms with Crippen LogP contribution in [-0.4, -0.2) is 35.3 Å². The predicted octanol–water partition coefficient (Wildman–Crippen LogP) is 1.61. The fourth-order valence-electron chi connectivity index (χ4n) is 1.86. The Morgan fingerprint density at radius 3 is 2.68 bits per heavy atom. The van der Waals surface area contributed by atoms with Crippen LogP contribution in [0.25, 0.3) is 5.52 Å². The van der Waals surface area contributed by atoms with E-state index in [1.165, 1.54) is 17.8 Å². The van der Waals surface area contributed by atoms with Gasteiger partial charge < -0.3 is 9.47 Å². The standard InChI is InChI=1S/C13H14N2O4/c1-4-19-13(17)11-8(2)14-15-7-9(12(16)18-3)5-6-10(11)15/h5-7H,4H2,1-3H3. The summed E-state index contributed by atoms with van der Waals surface area (Å²) in [5.74, 6) is -0.867. The molecule has 2 aromatic rings. The second kappa shape index (κ2) is 5.09. The normalized spacial score (nSPS) is 10.5. The Hall–Kier alpha value is -2.37. The van der Waals surface area contributed by atoms with E-state index in [0.29, 0.717) is 28.9 Å². The SMILES string of the molecule is CCOC(=O)c1c(C)nn2cc(C(=O)OC)ccc12. The van der Waals surface area contributed by atoms with E-state index in [2.05, 4.69) is 9.84 Å². The molecule has 0 aromatic carbocycles. The van der Waals surface area contributed by atoms with Gasteiger partial charge in [0, 0.05) is 6.20 Å². The molecule has 0 N–H and O–H groups in total. The van der Waals surface area contributed by atoms with Gasteiger partial charge in [-0.3, -0.25) is 0 Å². The van der Waals surface area contributed by atoms with Crippen LogP contribution < -0.4 is 0 Å². The molecule has 0 saturated carbocycles. The van der Waals surface area contributed by atoms with Crippen LogP contribution in [0.2, 0.25) is 0 Å². The average Bonchev–Trinajstić information content (AvgIpc) is 2.72. The number of hydrogen-bond donors (Lipinski definition) is 0. The summed E-state index contributed by atoms with van der Waals surface area (Å²) in [5, 5.41) is 4.20. The number of fused-ring (bicyclic) bond motifs is 1. The molecule has 0 aliphatic rings. The number of methoxy groups -OCH3 is 1. The van der Waals surface area contributed by atoms with E-state index in [9.17, 15) is 9.59 Å². The monoisotopic (exact) mass is 262 g/mol. The number of carbonyl (C=O) groups excluding carboxylic acids is 2. The highest BCUT2D eigenvalue weighted by Gasteiger charge is 2.19. The number of ether oxygens (including phenoxy) is 2. The third-order valence-electron chi connectivity index (χ3n) is 2.71. The number of nitrogens with zero attached hydrogens (tertiary/aromatic N) is 2. The molecule has 0 atom stereocenters. The molecule has 6 nitrogen and oxygen atoms in total. The van der Waals surface area contributed by atoms with Crippen molar-refractivity contribution in [1.82, 2.24) is 9.61 Å². The van der Waals surface area contributed by atoms with Crippen LogP contribution in [0.1, 0.15) is 33.3 Å². The van der Waals surface area contributed by atoms with Gasteiger partial charge in [0.2, 0.25) is 0 Å². The van der Waals surface area contributed by atoms with Gasteiger partial charge in [-0.2, -0.15) is 5.10 Å². The first-order valence-electron chi connectivity index (χ1n) is 5.83. The lowest BCUT2D eigenvalue weighted by molar-refractivity contribution is 0.0527. The highest BCUT2D eigenvalue weighted by molar-refractivity contribution is 5.99. The van der Waals surface area contributed by atoms with Crippen LogP contribution in [0.4, 0.5) is 0 Å². The number of hydrogen-bond acceptors (Lipinski definition) is 5. The number of rotatable bonds is 3. The molecule has 0 bridgehead atoms. The van der Waals surface area contributed by atoms with Crippen molar-refractivity contribution < 1.29 is 19.1 Å². The van der Waals surface area contributed by atoms with Crippen LogP contribution in [0.5, 0.6) is 0 Å². The van der Waals surface area contributed by atoms with E-state index in [-0.39, 0.29) is 0 Å². The number of carbonyl (C=O) groups is 2. The van der Waals surface area contributed by atoms with Crippen LogP contribution in [0, 0.1) is 6.92 Å². The van der Waals surface area contributed by atoms with Gasteiger partial charge in [0.1, 0.15) is 5.56 Å². The first-order chi connectivity index (χ1) is 9.08. The molecule has 0 amide bonds. The van der Waals surface area contributed by atoms with Crippen LogP contribution >= 0.6 is 0 Å². The van der Waals surface area contributed by atoms with E-state index >= 15 is 0 Å². The first kappa shape index (κ1) is 13.1. The van der Waals surface area contributed by atoms with Crippen LogP contribution in [-0.2, 0) is 9.47 Å². The van der Waals surface area contributed by atoms with Crippen molar-refractivity contribution in [3.63, 3.8) is 0 Å². The molecule has 2 rings (SSSR count). The first-order valence-corrected chi connectivity index (χ1v) is 5.83. The highest BCUT2D eigenvalue weighted by Crippen LogP contribution is 2.17. The number of aromatic nitrogens is 2.